The van der Waals surface area contributed by atoms with Gasteiger partial charge in [-0.15, -0.1) is 0 Å². The average molecular weight is 285 g/mol. The molecule has 1 fully saturated rings. The molecular formula is C11H13BrN2O2. The third-order valence-corrected chi connectivity index (χ3v) is 3.17. The minimum Gasteiger partial charge on any atom is -0.490 e. The zero-order chi connectivity index (χ0) is 11.5. The molecule has 1 saturated carbocycles. The van der Waals surface area contributed by atoms with Crippen LogP contribution < -0.4 is 10.5 Å². The van der Waals surface area contributed by atoms with Crippen LogP contribution in [0, 0.1) is 0 Å². The highest BCUT2D eigenvalue weighted by Crippen LogP contribution is 2.29. The van der Waals surface area contributed by atoms with Gasteiger partial charge in [-0.3, -0.25) is 0 Å². The lowest BCUT2D eigenvalue weighted by Gasteiger charge is -2.27. The van der Waals surface area contributed by atoms with Gasteiger partial charge in [0.25, 0.3) is 0 Å². The lowest BCUT2D eigenvalue weighted by molar-refractivity contribution is 0.120. The number of halogens is 1. The van der Waals surface area contributed by atoms with E-state index in [4.69, 9.17) is 15.7 Å². The Morgan fingerprint density at radius 1 is 1.50 bits per heavy atom. The molecule has 0 amide bonds. The van der Waals surface area contributed by atoms with Crippen LogP contribution in [0.3, 0.4) is 0 Å². The van der Waals surface area contributed by atoms with Crippen LogP contribution in [0.15, 0.2) is 27.8 Å². The number of amidine groups is 1. The molecule has 0 bridgehead atoms. The summed E-state index contributed by atoms with van der Waals surface area (Å²) in [5, 5.41) is 11.7. The SMILES string of the molecule is N/C(=N/O)c1ccc(Br)cc1OC1CCC1. The van der Waals surface area contributed by atoms with E-state index >= 15 is 0 Å². The van der Waals surface area contributed by atoms with Crippen molar-refractivity contribution < 1.29 is 9.94 Å². The van der Waals surface area contributed by atoms with Gasteiger partial charge in [0, 0.05) is 4.47 Å². The second-order valence-corrected chi connectivity index (χ2v) is 4.71. The minimum atomic E-state index is 0.0711. The lowest BCUT2D eigenvalue weighted by Crippen LogP contribution is -2.26. The van der Waals surface area contributed by atoms with Crippen molar-refractivity contribution in [3.8, 4) is 5.75 Å². The third-order valence-electron chi connectivity index (χ3n) is 2.67. The van der Waals surface area contributed by atoms with Crippen LogP contribution in [-0.2, 0) is 0 Å². The Morgan fingerprint density at radius 2 is 2.25 bits per heavy atom. The molecule has 1 aliphatic carbocycles. The van der Waals surface area contributed by atoms with Gasteiger partial charge in [-0.05, 0) is 37.5 Å². The molecular weight excluding hydrogens is 272 g/mol. The van der Waals surface area contributed by atoms with E-state index in [-0.39, 0.29) is 11.9 Å². The Labute approximate surface area is 102 Å². The van der Waals surface area contributed by atoms with E-state index in [1.807, 2.05) is 12.1 Å². The maximum Gasteiger partial charge on any atom is 0.173 e. The highest BCUT2D eigenvalue weighted by atomic mass is 79.9. The summed E-state index contributed by atoms with van der Waals surface area (Å²) in [7, 11) is 0. The Morgan fingerprint density at radius 3 is 2.81 bits per heavy atom. The number of hydrogen-bond acceptors (Lipinski definition) is 3. The van der Waals surface area contributed by atoms with E-state index in [0.29, 0.717) is 11.3 Å². The van der Waals surface area contributed by atoms with Crippen molar-refractivity contribution in [2.45, 2.75) is 25.4 Å². The first kappa shape index (κ1) is 11.3. The molecule has 0 saturated heterocycles. The molecule has 2 rings (SSSR count). The van der Waals surface area contributed by atoms with E-state index in [0.717, 1.165) is 17.3 Å². The molecule has 0 aliphatic heterocycles. The number of ether oxygens (including phenoxy) is 1. The number of nitrogens with zero attached hydrogens (tertiary/aromatic N) is 1. The summed E-state index contributed by atoms with van der Waals surface area (Å²) in [4.78, 5) is 0. The highest BCUT2D eigenvalue weighted by Gasteiger charge is 2.21. The lowest BCUT2D eigenvalue weighted by atomic mass is 9.96. The summed E-state index contributed by atoms with van der Waals surface area (Å²) in [6.45, 7) is 0. The molecule has 0 radical (unpaired) electrons. The number of hydrogen-bond donors (Lipinski definition) is 2. The normalized spacial score (nSPS) is 16.9. The zero-order valence-electron chi connectivity index (χ0n) is 8.69. The fraction of sp³-hybridized carbons (Fsp3) is 0.364. The first-order valence-electron chi connectivity index (χ1n) is 5.15. The van der Waals surface area contributed by atoms with Crippen LogP contribution >= 0.6 is 15.9 Å². The van der Waals surface area contributed by atoms with Gasteiger partial charge < -0.3 is 15.7 Å². The fourth-order valence-electron chi connectivity index (χ4n) is 1.53. The monoisotopic (exact) mass is 284 g/mol. The van der Waals surface area contributed by atoms with Crippen LogP contribution in [0.4, 0.5) is 0 Å². The van der Waals surface area contributed by atoms with Gasteiger partial charge in [0.15, 0.2) is 5.84 Å². The fourth-order valence-corrected chi connectivity index (χ4v) is 1.87. The Kier molecular flexibility index (Phi) is 3.33. The summed E-state index contributed by atoms with van der Waals surface area (Å²) in [6, 6.07) is 5.44. The number of benzene rings is 1. The molecule has 0 unspecified atom stereocenters. The summed E-state index contributed by atoms with van der Waals surface area (Å²) >= 11 is 3.37. The van der Waals surface area contributed by atoms with Crippen molar-refractivity contribution in [1.29, 1.82) is 0 Å². The molecule has 4 nitrogen and oxygen atoms in total. The number of rotatable bonds is 3. The quantitative estimate of drug-likeness (QED) is 0.388. The van der Waals surface area contributed by atoms with Crippen LogP contribution in [-0.4, -0.2) is 17.1 Å². The topological polar surface area (TPSA) is 67.8 Å². The van der Waals surface area contributed by atoms with Crippen molar-refractivity contribution in [2.75, 3.05) is 0 Å². The smallest absolute Gasteiger partial charge is 0.173 e. The maximum absolute atomic E-state index is 8.68. The van der Waals surface area contributed by atoms with Gasteiger partial charge in [0.1, 0.15) is 5.75 Å². The van der Waals surface area contributed by atoms with Gasteiger partial charge in [-0.1, -0.05) is 21.1 Å². The predicted octanol–water partition coefficient (Wildman–Crippen LogP) is 2.47. The van der Waals surface area contributed by atoms with Crippen LogP contribution in [0.25, 0.3) is 0 Å². The second kappa shape index (κ2) is 4.74. The average Bonchev–Trinajstić information content (AvgIpc) is 2.22. The van der Waals surface area contributed by atoms with Crippen molar-refractivity contribution in [3.63, 3.8) is 0 Å². The number of nitrogens with two attached hydrogens (primary N) is 1. The molecule has 1 aromatic carbocycles. The third kappa shape index (κ3) is 2.29. The van der Waals surface area contributed by atoms with Gasteiger partial charge in [0.2, 0.25) is 0 Å². The largest absolute Gasteiger partial charge is 0.490 e. The molecule has 5 heteroatoms. The molecule has 1 aromatic rings. The van der Waals surface area contributed by atoms with Crippen LogP contribution in [0.2, 0.25) is 0 Å². The molecule has 1 aliphatic rings. The second-order valence-electron chi connectivity index (χ2n) is 3.80. The zero-order valence-corrected chi connectivity index (χ0v) is 10.3. The predicted molar refractivity (Wildman–Crippen MR) is 64.9 cm³/mol. The van der Waals surface area contributed by atoms with E-state index in [1.165, 1.54) is 6.42 Å². The van der Waals surface area contributed by atoms with Crippen molar-refractivity contribution in [3.05, 3.63) is 28.2 Å². The van der Waals surface area contributed by atoms with Crippen molar-refractivity contribution in [2.24, 2.45) is 10.9 Å². The molecule has 0 atom stereocenters. The summed E-state index contributed by atoms with van der Waals surface area (Å²) in [5.41, 5.74) is 6.21. The molecule has 0 aromatic heterocycles. The van der Waals surface area contributed by atoms with E-state index in [2.05, 4.69) is 21.1 Å². The number of oxime groups is 1. The summed E-state index contributed by atoms with van der Waals surface area (Å²) in [6.07, 6.45) is 3.61. The van der Waals surface area contributed by atoms with Crippen molar-refractivity contribution in [1.82, 2.24) is 0 Å². The Hall–Kier alpha value is -1.23. The van der Waals surface area contributed by atoms with Crippen molar-refractivity contribution >= 4 is 21.8 Å². The van der Waals surface area contributed by atoms with Gasteiger partial charge in [-0.25, -0.2) is 0 Å². The maximum atomic E-state index is 8.68. The molecule has 0 heterocycles. The molecule has 86 valence electrons. The van der Waals surface area contributed by atoms with Crippen LogP contribution in [0.5, 0.6) is 5.75 Å². The standard InChI is InChI=1S/C11H13BrN2O2/c12-7-4-5-9(11(13)14-15)10(6-7)16-8-2-1-3-8/h4-6,8,15H,1-3H2,(H2,13,14). The molecule has 0 spiro atoms. The minimum absolute atomic E-state index is 0.0711. The van der Waals surface area contributed by atoms with Crippen LogP contribution in [0.1, 0.15) is 24.8 Å². The van der Waals surface area contributed by atoms with E-state index in [1.54, 1.807) is 6.07 Å². The van der Waals surface area contributed by atoms with Gasteiger partial charge >= 0.3 is 0 Å². The molecule has 3 N–H and O–H groups in total. The van der Waals surface area contributed by atoms with Gasteiger partial charge in [-0.2, -0.15) is 0 Å². The Balaban J connectivity index is 2.28. The first-order chi connectivity index (χ1) is 7.70. The summed E-state index contributed by atoms with van der Waals surface area (Å²) < 4.78 is 6.70. The van der Waals surface area contributed by atoms with Gasteiger partial charge in [0.05, 0.1) is 11.7 Å². The Bertz CT molecular complexity index is 416. The first-order valence-corrected chi connectivity index (χ1v) is 5.94. The van der Waals surface area contributed by atoms with E-state index in [9.17, 15) is 0 Å². The summed E-state index contributed by atoms with van der Waals surface area (Å²) in [5.74, 6) is 0.733. The highest BCUT2D eigenvalue weighted by molar-refractivity contribution is 9.10. The van der Waals surface area contributed by atoms with E-state index < -0.39 is 0 Å². The molecule has 16 heavy (non-hydrogen) atoms.